The molecule has 0 fully saturated rings. The van der Waals surface area contributed by atoms with Crippen LogP contribution in [0.4, 0.5) is 0 Å². The van der Waals surface area contributed by atoms with Gasteiger partial charge in [-0.3, -0.25) is 14.4 Å². The van der Waals surface area contributed by atoms with E-state index in [4.69, 9.17) is 15.2 Å². The molecule has 0 aromatic heterocycles. The van der Waals surface area contributed by atoms with E-state index in [2.05, 4.69) is 32.6 Å². The number of benzene rings is 1. The van der Waals surface area contributed by atoms with Gasteiger partial charge in [-0.15, -0.1) is 0 Å². The molecule has 1 amide bonds. The van der Waals surface area contributed by atoms with E-state index < -0.39 is 11.8 Å². The summed E-state index contributed by atoms with van der Waals surface area (Å²) in [4.78, 5) is 40.6. The number of Topliss-reactive ketones (excluding diaryl/α,β-unsaturated/α-hetero) is 2. The molecule has 1 heterocycles. The van der Waals surface area contributed by atoms with E-state index in [1.807, 2.05) is 26.1 Å². The number of carbonyl (C=O) groups excluding carboxylic acids is 3. The Balaban J connectivity index is 1.90. The minimum Gasteiger partial charge on any atom is -0.490 e. The summed E-state index contributed by atoms with van der Waals surface area (Å²) < 4.78 is 11.4. The fourth-order valence-electron chi connectivity index (χ4n) is 5.74. The Morgan fingerprint density at radius 1 is 0.943 bits per heavy atom. The van der Waals surface area contributed by atoms with Gasteiger partial charge in [0.2, 0.25) is 0 Å². The zero-order chi connectivity index (χ0) is 25.7. The van der Waals surface area contributed by atoms with Crippen LogP contribution in [0.5, 0.6) is 11.5 Å². The molecule has 4 rings (SSSR count). The van der Waals surface area contributed by atoms with Gasteiger partial charge in [0.25, 0.3) is 5.91 Å². The van der Waals surface area contributed by atoms with Crippen molar-refractivity contribution in [1.29, 1.82) is 0 Å². The van der Waals surface area contributed by atoms with Gasteiger partial charge in [-0.2, -0.15) is 0 Å². The number of rotatable bonds is 6. The second-order valence-electron chi connectivity index (χ2n) is 11.5. The van der Waals surface area contributed by atoms with Crippen molar-refractivity contribution in [3.63, 3.8) is 0 Å². The number of nitrogens with zero attached hydrogens (tertiary/aromatic N) is 1. The zero-order valence-electron chi connectivity index (χ0n) is 21.6. The second kappa shape index (κ2) is 8.85. The topological polar surface area (TPSA) is 98.9 Å². The van der Waals surface area contributed by atoms with Crippen LogP contribution in [-0.2, 0) is 14.4 Å². The average molecular weight is 481 g/mol. The maximum absolute atomic E-state index is 13.6. The Morgan fingerprint density at radius 3 is 1.97 bits per heavy atom. The summed E-state index contributed by atoms with van der Waals surface area (Å²) in [6.07, 6.45) is 2.42. The Labute approximate surface area is 207 Å². The molecule has 0 radical (unpaired) electrons. The Kier molecular flexibility index (Phi) is 6.32. The molecule has 1 aromatic carbocycles. The number of amides is 1. The van der Waals surface area contributed by atoms with Gasteiger partial charge < -0.3 is 20.1 Å². The van der Waals surface area contributed by atoms with Crippen molar-refractivity contribution >= 4 is 17.5 Å². The number of nitrogens with two attached hydrogens (primary N) is 1. The minimum atomic E-state index is -0.581. The van der Waals surface area contributed by atoms with Gasteiger partial charge >= 0.3 is 0 Å². The number of hydrogen-bond acceptors (Lipinski definition) is 6. The third kappa shape index (κ3) is 4.73. The average Bonchev–Trinajstić information content (AvgIpc) is 2.73. The number of primary amides is 1. The molecule has 0 atom stereocenters. The maximum atomic E-state index is 13.6. The van der Waals surface area contributed by atoms with E-state index in [1.165, 1.54) is 0 Å². The second-order valence-corrected chi connectivity index (χ2v) is 11.5. The number of carbonyl (C=O) groups is 3. The monoisotopic (exact) mass is 480 g/mol. The molecule has 2 aliphatic carbocycles. The first kappa shape index (κ1) is 25.0. The summed E-state index contributed by atoms with van der Waals surface area (Å²) in [6.45, 7) is 10.5. The number of allylic oxidation sites excluding steroid dienone is 4. The number of ketones is 2. The van der Waals surface area contributed by atoms with E-state index in [0.29, 0.717) is 42.1 Å². The summed E-state index contributed by atoms with van der Waals surface area (Å²) in [6, 6.07) is 5.44. The van der Waals surface area contributed by atoms with Crippen LogP contribution in [0.25, 0.3) is 0 Å². The maximum Gasteiger partial charge on any atom is 0.255 e. The third-order valence-corrected chi connectivity index (χ3v) is 7.15. The highest BCUT2D eigenvalue weighted by Crippen LogP contribution is 2.54. The van der Waals surface area contributed by atoms with E-state index in [1.54, 1.807) is 6.07 Å². The zero-order valence-corrected chi connectivity index (χ0v) is 21.6. The van der Waals surface area contributed by atoms with E-state index in [-0.39, 0.29) is 29.0 Å². The third-order valence-electron chi connectivity index (χ3n) is 7.15. The van der Waals surface area contributed by atoms with Gasteiger partial charge in [-0.05, 0) is 48.3 Å². The molecule has 7 nitrogen and oxygen atoms in total. The van der Waals surface area contributed by atoms with Gasteiger partial charge in [-0.1, -0.05) is 33.8 Å². The summed E-state index contributed by atoms with van der Waals surface area (Å²) in [5, 5.41) is 0. The van der Waals surface area contributed by atoms with E-state index in [9.17, 15) is 14.4 Å². The largest absolute Gasteiger partial charge is 0.490 e. The Hall–Kier alpha value is -3.09. The summed E-state index contributed by atoms with van der Waals surface area (Å²) in [7, 11) is 2.00. The van der Waals surface area contributed by atoms with Gasteiger partial charge in [-0.25, -0.2) is 0 Å². The molecular weight excluding hydrogens is 444 g/mol. The molecule has 188 valence electrons. The van der Waals surface area contributed by atoms with Crippen molar-refractivity contribution < 1.29 is 23.9 Å². The quantitative estimate of drug-likeness (QED) is 0.653. The molecule has 2 N–H and O–H groups in total. The van der Waals surface area contributed by atoms with Crippen LogP contribution in [0.15, 0.2) is 40.7 Å². The SMILES string of the molecule is CCOc1cc(C2C3=C(CC(C)(C)CC3=O)N(C)C3=C2C(=O)CC(C)(C)C3)ccc1OCC(N)=O. The molecule has 3 aliphatic rings. The van der Waals surface area contributed by atoms with Gasteiger partial charge in [0.1, 0.15) is 0 Å². The first-order valence-electron chi connectivity index (χ1n) is 12.3. The Morgan fingerprint density at radius 2 is 1.49 bits per heavy atom. The van der Waals surface area contributed by atoms with Crippen LogP contribution in [0.2, 0.25) is 0 Å². The van der Waals surface area contributed by atoms with E-state index >= 15 is 0 Å². The normalized spacial score (nSPS) is 21.6. The lowest BCUT2D eigenvalue weighted by molar-refractivity contribution is -0.121. The predicted octanol–water partition coefficient (Wildman–Crippen LogP) is 4.26. The van der Waals surface area contributed by atoms with Gasteiger partial charge in [0.05, 0.1) is 6.61 Å². The molecule has 7 heteroatoms. The van der Waals surface area contributed by atoms with Gasteiger partial charge in [0.15, 0.2) is 29.7 Å². The molecule has 0 bridgehead atoms. The molecule has 1 aromatic rings. The Bertz CT molecular complexity index is 1100. The highest BCUT2D eigenvalue weighted by molar-refractivity contribution is 6.06. The number of ether oxygens (including phenoxy) is 2. The van der Waals surface area contributed by atoms with Crippen molar-refractivity contribution in [2.45, 2.75) is 66.2 Å². The first-order chi connectivity index (χ1) is 16.3. The van der Waals surface area contributed by atoms with Crippen molar-refractivity contribution in [3.05, 3.63) is 46.3 Å². The molecule has 0 saturated heterocycles. The lowest BCUT2D eigenvalue weighted by atomic mass is 9.64. The molecular formula is C28H36N2O5. The van der Waals surface area contributed by atoms with Crippen molar-refractivity contribution in [1.82, 2.24) is 4.90 Å². The standard InChI is InChI=1S/C28H36N2O5/c1-7-34-22-10-16(8-9-21(22)35-15-23(29)33)24-25-17(11-27(2,3)13-19(25)31)30(6)18-12-28(4,5)14-20(32)26(18)24/h8-10,24H,7,11-15H2,1-6H3,(H2,29,33). The van der Waals surface area contributed by atoms with Crippen LogP contribution in [0.3, 0.4) is 0 Å². The minimum absolute atomic E-state index is 0.0873. The van der Waals surface area contributed by atoms with Gasteiger partial charge in [0, 0.05) is 48.3 Å². The predicted molar refractivity (Wildman–Crippen MR) is 133 cm³/mol. The number of hydrogen-bond donors (Lipinski definition) is 1. The fourth-order valence-corrected chi connectivity index (χ4v) is 5.74. The van der Waals surface area contributed by atoms with Crippen LogP contribution < -0.4 is 15.2 Å². The smallest absolute Gasteiger partial charge is 0.255 e. The highest BCUT2D eigenvalue weighted by Gasteiger charge is 2.48. The molecule has 1 aliphatic heterocycles. The first-order valence-corrected chi connectivity index (χ1v) is 12.3. The summed E-state index contributed by atoms with van der Waals surface area (Å²) in [5.41, 5.74) is 9.21. The van der Waals surface area contributed by atoms with Crippen LogP contribution in [-0.4, -0.2) is 42.6 Å². The molecule has 35 heavy (non-hydrogen) atoms. The van der Waals surface area contributed by atoms with Crippen molar-refractivity contribution in [2.24, 2.45) is 16.6 Å². The molecule has 0 unspecified atom stereocenters. The van der Waals surface area contributed by atoms with Crippen molar-refractivity contribution in [3.8, 4) is 11.5 Å². The molecule has 0 saturated carbocycles. The van der Waals surface area contributed by atoms with Crippen LogP contribution >= 0.6 is 0 Å². The highest BCUT2D eigenvalue weighted by atomic mass is 16.5. The van der Waals surface area contributed by atoms with Crippen molar-refractivity contribution in [2.75, 3.05) is 20.3 Å². The van der Waals surface area contributed by atoms with Crippen LogP contribution in [0.1, 0.15) is 71.8 Å². The summed E-state index contributed by atoms with van der Waals surface area (Å²) in [5.74, 6) is 0.00302. The summed E-state index contributed by atoms with van der Waals surface area (Å²) >= 11 is 0. The lowest BCUT2D eigenvalue weighted by Crippen LogP contribution is -2.43. The molecule has 0 spiro atoms. The van der Waals surface area contributed by atoms with E-state index in [0.717, 1.165) is 29.8 Å². The lowest BCUT2D eigenvalue weighted by Gasteiger charge is -2.47. The fraction of sp³-hybridized carbons (Fsp3) is 0.536. The van der Waals surface area contributed by atoms with Crippen LogP contribution in [0, 0.1) is 10.8 Å².